The molecule has 1 aromatic rings. The first-order chi connectivity index (χ1) is 10.3. The van der Waals surface area contributed by atoms with E-state index in [2.05, 4.69) is 0 Å². The summed E-state index contributed by atoms with van der Waals surface area (Å²) in [6.45, 7) is -0.598. The lowest BCUT2D eigenvalue weighted by Gasteiger charge is -2.17. The number of hydrogen-bond donors (Lipinski definition) is 1. The van der Waals surface area contributed by atoms with Crippen LogP contribution < -0.4 is 0 Å². The van der Waals surface area contributed by atoms with Gasteiger partial charge in [0.1, 0.15) is 0 Å². The molecule has 1 N–H and O–H groups in total. The molecule has 9 heteroatoms. The van der Waals surface area contributed by atoms with Gasteiger partial charge in [0.25, 0.3) is 11.6 Å². The SMILES string of the molecule is CSc1ccc(C(=O)N2CCC(F)(C(=O)O)C2)cc1[N+](=O)[O-]. The second-order valence-corrected chi connectivity index (χ2v) is 5.74. The highest BCUT2D eigenvalue weighted by Crippen LogP contribution is 2.31. The second-order valence-electron chi connectivity index (χ2n) is 4.89. The summed E-state index contributed by atoms with van der Waals surface area (Å²) in [7, 11) is 0. The number of nitro benzene ring substituents is 1. The molecule has 0 saturated carbocycles. The summed E-state index contributed by atoms with van der Waals surface area (Å²) in [6, 6.07) is 4.00. The smallest absolute Gasteiger partial charge is 0.343 e. The molecule has 1 aromatic carbocycles. The average Bonchev–Trinajstić information content (AvgIpc) is 2.89. The molecule has 1 unspecified atom stereocenters. The zero-order valence-corrected chi connectivity index (χ0v) is 12.4. The summed E-state index contributed by atoms with van der Waals surface area (Å²) >= 11 is 1.18. The topological polar surface area (TPSA) is 101 Å². The molecule has 0 bridgehead atoms. The predicted molar refractivity (Wildman–Crippen MR) is 76.9 cm³/mol. The Balaban J connectivity index is 2.26. The van der Waals surface area contributed by atoms with E-state index in [4.69, 9.17) is 5.11 Å². The number of aliphatic carboxylic acids is 1. The van der Waals surface area contributed by atoms with E-state index >= 15 is 0 Å². The van der Waals surface area contributed by atoms with Gasteiger partial charge in [-0.2, -0.15) is 0 Å². The normalized spacial score (nSPS) is 20.9. The molecule has 0 radical (unpaired) electrons. The van der Waals surface area contributed by atoms with Crippen molar-refractivity contribution in [2.45, 2.75) is 17.0 Å². The number of rotatable bonds is 4. The van der Waals surface area contributed by atoms with Gasteiger partial charge < -0.3 is 10.0 Å². The number of hydrogen-bond acceptors (Lipinski definition) is 5. The van der Waals surface area contributed by atoms with E-state index in [1.54, 1.807) is 6.26 Å². The van der Waals surface area contributed by atoms with Crippen molar-refractivity contribution in [3.05, 3.63) is 33.9 Å². The van der Waals surface area contributed by atoms with Gasteiger partial charge >= 0.3 is 5.97 Å². The van der Waals surface area contributed by atoms with Crippen molar-refractivity contribution in [1.29, 1.82) is 0 Å². The fourth-order valence-electron chi connectivity index (χ4n) is 2.27. The molecule has 2 rings (SSSR count). The van der Waals surface area contributed by atoms with E-state index in [0.29, 0.717) is 4.90 Å². The standard InChI is InChI=1S/C13H13FN2O5S/c1-22-10-3-2-8(6-9(10)16(20)21)11(17)15-5-4-13(14,7-15)12(18)19/h2-3,6H,4-5,7H2,1H3,(H,18,19). The largest absolute Gasteiger partial charge is 0.479 e. The third-order valence-electron chi connectivity index (χ3n) is 3.51. The third kappa shape index (κ3) is 2.89. The molecule has 1 aliphatic heterocycles. The zero-order valence-electron chi connectivity index (χ0n) is 11.6. The summed E-state index contributed by atoms with van der Waals surface area (Å²) < 4.78 is 14.0. The van der Waals surface area contributed by atoms with Crippen molar-refractivity contribution in [3.63, 3.8) is 0 Å². The van der Waals surface area contributed by atoms with Crippen molar-refractivity contribution in [3.8, 4) is 0 Å². The van der Waals surface area contributed by atoms with Gasteiger partial charge in [-0.25, -0.2) is 9.18 Å². The van der Waals surface area contributed by atoms with Crippen molar-refractivity contribution >= 4 is 29.3 Å². The van der Waals surface area contributed by atoms with Gasteiger partial charge in [-0.1, -0.05) is 0 Å². The molecule has 0 spiro atoms. The molecule has 1 saturated heterocycles. The fourth-order valence-corrected chi connectivity index (χ4v) is 2.82. The molecule has 1 aliphatic rings. The number of carbonyl (C=O) groups is 2. The Hall–Kier alpha value is -2.16. The van der Waals surface area contributed by atoms with Crippen LogP contribution in [0.25, 0.3) is 0 Å². The molecular weight excluding hydrogens is 315 g/mol. The zero-order chi connectivity index (χ0) is 16.5. The number of nitro groups is 1. The number of halogens is 1. The Morgan fingerprint density at radius 1 is 1.50 bits per heavy atom. The number of thioether (sulfide) groups is 1. The molecule has 0 aliphatic carbocycles. The van der Waals surface area contributed by atoms with Gasteiger partial charge in [0, 0.05) is 24.6 Å². The first-order valence-corrected chi connectivity index (χ1v) is 7.55. The van der Waals surface area contributed by atoms with Gasteiger partial charge in [0.15, 0.2) is 0 Å². The van der Waals surface area contributed by atoms with Crippen LogP contribution in [0.5, 0.6) is 0 Å². The van der Waals surface area contributed by atoms with Crippen molar-refractivity contribution in [1.82, 2.24) is 4.90 Å². The summed E-state index contributed by atoms with van der Waals surface area (Å²) in [4.78, 5) is 35.0. The molecule has 0 aromatic heterocycles. The number of likely N-dealkylation sites (tertiary alicyclic amines) is 1. The van der Waals surface area contributed by atoms with Crippen molar-refractivity contribution < 1.29 is 24.0 Å². The Bertz CT molecular complexity index is 653. The number of amides is 1. The van der Waals surface area contributed by atoms with Crippen molar-refractivity contribution in [2.75, 3.05) is 19.3 Å². The predicted octanol–water partition coefficient (Wildman–Crippen LogP) is 1.96. The molecule has 7 nitrogen and oxygen atoms in total. The average molecular weight is 328 g/mol. The third-order valence-corrected chi connectivity index (χ3v) is 4.30. The van der Waals surface area contributed by atoms with E-state index in [9.17, 15) is 24.1 Å². The number of nitrogens with zero attached hydrogens (tertiary/aromatic N) is 2. The van der Waals surface area contributed by atoms with Crippen LogP contribution >= 0.6 is 11.8 Å². The number of alkyl halides is 1. The minimum atomic E-state index is -2.46. The maximum absolute atomic E-state index is 14.0. The van der Waals surface area contributed by atoms with Gasteiger partial charge in [-0.3, -0.25) is 14.9 Å². The fraction of sp³-hybridized carbons (Fsp3) is 0.385. The molecular formula is C13H13FN2O5S. The maximum Gasteiger partial charge on any atom is 0.343 e. The summed E-state index contributed by atoms with van der Waals surface area (Å²) in [5.74, 6) is -2.22. The van der Waals surface area contributed by atoms with Crippen LogP contribution in [0.3, 0.4) is 0 Å². The van der Waals surface area contributed by atoms with E-state index in [1.807, 2.05) is 0 Å². The summed E-state index contributed by atoms with van der Waals surface area (Å²) in [6.07, 6.45) is 1.38. The summed E-state index contributed by atoms with van der Waals surface area (Å²) in [5, 5.41) is 19.8. The molecule has 118 valence electrons. The molecule has 1 amide bonds. The van der Waals surface area contributed by atoms with E-state index < -0.39 is 29.0 Å². The highest BCUT2D eigenvalue weighted by atomic mass is 32.2. The second kappa shape index (κ2) is 5.91. The van der Waals surface area contributed by atoms with Crippen LogP contribution in [-0.2, 0) is 4.79 Å². The maximum atomic E-state index is 14.0. The van der Waals surface area contributed by atoms with Crippen LogP contribution in [0.1, 0.15) is 16.8 Å². The van der Waals surface area contributed by atoms with Crippen LogP contribution in [0, 0.1) is 10.1 Å². The van der Waals surface area contributed by atoms with Gasteiger partial charge in [-0.15, -0.1) is 11.8 Å². The molecule has 1 fully saturated rings. The van der Waals surface area contributed by atoms with Crippen LogP contribution in [0.4, 0.5) is 10.1 Å². The first-order valence-electron chi connectivity index (χ1n) is 6.32. The number of benzene rings is 1. The Morgan fingerprint density at radius 2 is 2.18 bits per heavy atom. The van der Waals surface area contributed by atoms with Crippen molar-refractivity contribution in [2.24, 2.45) is 0 Å². The molecule has 1 heterocycles. The van der Waals surface area contributed by atoms with Crippen LogP contribution in [0.2, 0.25) is 0 Å². The molecule has 1 atom stereocenters. The lowest BCUT2D eigenvalue weighted by molar-refractivity contribution is -0.387. The Morgan fingerprint density at radius 3 is 2.68 bits per heavy atom. The van der Waals surface area contributed by atoms with Gasteiger partial charge in [0.05, 0.1) is 16.4 Å². The number of carboxylic acids is 1. The van der Waals surface area contributed by atoms with Crippen LogP contribution in [-0.4, -0.2) is 51.8 Å². The highest BCUT2D eigenvalue weighted by Gasteiger charge is 2.47. The Kier molecular flexibility index (Phi) is 4.36. The number of carbonyl (C=O) groups excluding carboxylic acids is 1. The highest BCUT2D eigenvalue weighted by molar-refractivity contribution is 7.98. The van der Waals surface area contributed by atoms with E-state index in [-0.39, 0.29) is 24.2 Å². The lowest BCUT2D eigenvalue weighted by atomic mass is 10.1. The number of carboxylic acid groups (broad SMARTS) is 1. The quantitative estimate of drug-likeness (QED) is 0.515. The monoisotopic (exact) mass is 328 g/mol. The first kappa shape index (κ1) is 16.2. The van der Waals surface area contributed by atoms with E-state index in [0.717, 1.165) is 11.0 Å². The van der Waals surface area contributed by atoms with E-state index in [1.165, 1.54) is 23.9 Å². The molecule has 22 heavy (non-hydrogen) atoms. The minimum Gasteiger partial charge on any atom is -0.479 e. The minimum absolute atomic E-state index is 0.0409. The van der Waals surface area contributed by atoms with Gasteiger partial charge in [0.2, 0.25) is 5.67 Å². The lowest BCUT2D eigenvalue weighted by Crippen LogP contribution is -2.38. The Labute approximate surface area is 129 Å². The summed E-state index contributed by atoms with van der Waals surface area (Å²) in [5.41, 5.74) is -2.62. The van der Waals surface area contributed by atoms with Crippen LogP contribution in [0.15, 0.2) is 23.1 Å². The van der Waals surface area contributed by atoms with Gasteiger partial charge in [-0.05, 0) is 18.4 Å².